The second-order valence-electron chi connectivity index (χ2n) is 6.85. The smallest absolute Gasteiger partial charge is 0.140 e. The second-order valence-corrected chi connectivity index (χ2v) is 7.93. The van der Waals surface area contributed by atoms with E-state index < -0.39 is 0 Å². The van der Waals surface area contributed by atoms with Crippen molar-refractivity contribution in [3.63, 3.8) is 0 Å². The Bertz CT molecular complexity index is 465. The van der Waals surface area contributed by atoms with Gasteiger partial charge in [0.25, 0.3) is 0 Å². The van der Waals surface area contributed by atoms with Crippen LogP contribution >= 0.6 is 22.6 Å². The van der Waals surface area contributed by atoms with Gasteiger partial charge in [0.1, 0.15) is 11.6 Å². The van der Waals surface area contributed by atoms with Crippen LogP contribution in [0.5, 0.6) is 0 Å². The summed E-state index contributed by atoms with van der Waals surface area (Å²) in [6.07, 6.45) is 5.02. The molecule has 19 heavy (non-hydrogen) atoms. The van der Waals surface area contributed by atoms with Crippen molar-refractivity contribution in [2.24, 2.45) is 5.92 Å². The van der Waals surface area contributed by atoms with Crippen LogP contribution in [-0.4, -0.2) is 9.97 Å². The average molecular weight is 373 g/mol. The minimum atomic E-state index is 0.0165. The molecule has 4 heteroatoms. The fourth-order valence-corrected chi connectivity index (χ4v) is 3.88. The van der Waals surface area contributed by atoms with Crippen LogP contribution in [-0.2, 0) is 5.41 Å². The van der Waals surface area contributed by atoms with Crippen LogP contribution in [0.2, 0.25) is 0 Å². The molecule has 0 aliphatic heterocycles. The van der Waals surface area contributed by atoms with Gasteiger partial charge < -0.3 is 5.73 Å². The molecule has 2 N–H and O–H groups in total. The molecular formula is C15H24IN3. The van der Waals surface area contributed by atoms with Gasteiger partial charge in [-0.3, -0.25) is 0 Å². The largest absolute Gasteiger partial charge is 0.383 e. The lowest BCUT2D eigenvalue weighted by atomic mass is 9.82. The molecule has 0 bridgehead atoms. The van der Waals surface area contributed by atoms with Gasteiger partial charge >= 0.3 is 0 Å². The highest BCUT2D eigenvalue weighted by Gasteiger charge is 2.27. The number of nitrogen functional groups attached to an aromatic ring is 1. The van der Waals surface area contributed by atoms with E-state index in [-0.39, 0.29) is 5.41 Å². The number of hydrogen-bond acceptors (Lipinski definition) is 3. The van der Waals surface area contributed by atoms with Gasteiger partial charge in [-0.05, 0) is 41.4 Å². The second kappa shape index (κ2) is 5.54. The summed E-state index contributed by atoms with van der Waals surface area (Å²) in [6, 6.07) is 0. The van der Waals surface area contributed by atoms with E-state index in [1.165, 1.54) is 25.7 Å². The standard InChI is InChI=1S/C15H24IN3/c1-9-6-5-7-10(8-9)14-18-12(15(2,3)4)11(16)13(17)19-14/h9-10H,5-8H2,1-4H3,(H2,17,18,19). The van der Waals surface area contributed by atoms with Crippen molar-refractivity contribution in [1.29, 1.82) is 0 Å². The minimum absolute atomic E-state index is 0.0165. The Balaban J connectivity index is 2.39. The third kappa shape index (κ3) is 3.38. The van der Waals surface area contributed by atoms with E-state index in [1.807, 2.05) is 0 Å². The summed E-state index contributed by atoms with van der Waals surface area (Å²) in [7, 11) is 0. The maximum atomic E-state index is 6.10. The Morgan fingerprint density at radius 1 is 1.21 bits per heavy atom. The van der Waals surface area contributed by atoms with Crippen LogP contribution in [0.25, 0.3) is 0 Å². The molecule has 0 spiro atoms. The van der Waals surface area contributed by atoms with Gasteiger partial charge in [-0.1, -0.05) is 40.5 Å². The summed E-state index contributed by atoms with van der Waals surface area (Å²) in [6.45, 7) is 8.88. The average Bonchev–Trinajstić information content (AvgIpc) is 2.31. The molecule has 0 aromatic carbocycles. The third-order valence-corrected chi connectivity index (χ3v) is 4.97. The van der Waals surface area contributed by atoms with Gasteiger partial charge in [0, 0.05) is 11.3 Å². The van der Waals surface area contributed by atoms with Crippen molar-refractivity contribution in [2.75, 3.05) is 5.73 Å². The number of hydrogen-bond donors (Lipinski definition) is 1. The topological polar surface area (TPSA) is 51.8 Å². The molecule has 1 aliphatic carbocycles. The summed E-state index contributed by atoms with van der Waals surface area (Å²) >= 11 is 2.27. The lowest BCUT2D eigenvalue weighted by Gasteiger charge is -2.28. The molecule has 1 aliphatic rings. The summed E-state index contributed by atoms with van der Waals surface area (Å²) in [5, 5.41) is 0. The van der Waals surface area contributed by atoms with Crippen molar-refractivity contribution >= 4 is 28.4 Å². The van der Waals surface area contributed by atoms with Crippen LogP contribution in [0.4, 0.5) is 5.82 Å². The van der Waals surface area contributed by atoms with Crippen LogP contribution in [0, 0.1) is 9.49 Å². The molecule has 2 rings (SSSR count). The maximum Gasteiger partial charge on any atom is 0.140 e. The van der Waals surface area contributed by atoms with Gasteiger partial charge in [0.2, 0.25) is 0 Å². The first-order valence-electron chi connectivity index (χ1n) is 7.12. The van der Waals surface area contributed by atoms with Crippen molar-refractivity contribution in [2.45, 2.75) is 64.7 Å². The Morgan fingerprint density at radius 3 is 2.47 bits per heavy atom. The Labute approximate surface area is 129 Å². The molecule has 1 fully saturated rings. The van der Waals surface area contributed by atoms with Crippen LogP contribution in [0.15, 0.2) is 0 Å². The molecule has 2 atom stereocenters. The fourth-order valence-electron chi connectivity index (χ4n) is 2.83. The maximum absolute atomic E-state index is 6.10. The van der Waals surface area contributed by atoms with Gasteiger partial charge in [-0.25, -0.2) is 9.97 Å². The molecular weight excluding hydrogens is 349 g/mol. The zero-order valence-corrected chi connectivity index (χ0v) is 14.5. The third-order valence-electron chi connectivity index (χ3n) is 3.91. The summed E-state index contributed by atoms with van der Waals surface area (Å²) in [5.74, 6) is 2.88. The van der Waals surface area contributed by atoms with Crippen LogP contribution in [0.3, 0.4) is 0 Å². The van der Waals surface area contributed by atoms with Crippen molar-refractivity contribution < 1.29 is 0 Å². The predicted molar refractivity (Wildman–Crippen MR) is 88.2 cm³/mol. The Morgan fingerprint density at radius 2 is 1.89 bits per heavy atom. The zero-order valence-electron chi connectivity index (χ0n) is 12.3. The first-order valence-corrected chi connectivity index (χ1v) is 8.20. The van der Waals surface area contributed by atoms with E-state index in [9.17, 15) is 0 Å². The van der Waals surface area contributed by atoms with E-state index in [0.29, 0.717) is 11.7 Å². The first-order chi connectivity index (χ1) is 8.79. The van der Waals surface area contributed by atoms with Crippen molar-refractivity contribution in [3.8, 4) is 0 Å². The van der Waals surface area contributed by atoms with E-state index in [0.717, 1.165) is 21.0 Å². The van der Waals surface area contributed by atoms with Crippen LogP contribution < -0.4 is 5.73 Å². The van der Waals surface area contributed by atoms with Crippen LogP contribution in [0.1, 0.15) is 70.8 Å². The zero-order chi connectivity index (χ0) is 14.2. The number of nitrogens with zero attached hydrogens (tertiary/aromatic N) is 2. The molecule has 0 amide bonds. The lowest BCUT2D eigenvalue weighted by Crippen LogP contribution is -2.22. The molecule has 0 saturated heterocycles. The van der Waals surface area contributed by atoms with Crippen molar-refractivity contribution in [1.82, 2.24) is 9.97 Å². The number of aromatic nitrogens is 2. The van der Waals surface area contributed by atoms with E-state index >= 15 is 0 Å². The summed E-state index contributed by atoms with van der Waals surface area (Å²) in [5.41, 5.74) is 7.21. The molecule has 1 saturated carbocycles. The molecule has 2 unspecified atom stereocenters. The van der Waals surface area contributed by atoms with E-state index in [1.54, 1.807) is 0 Å². The minimum Gasteiger partial charge on any atom is -0.383 e. The monoisotopic (exact) mass is 373 g/mol. The molecule has 106 valence electrons. The van der Waals surface area contributed by atoms with E-state index in [4.69, 9.17) is 10.7 Å². The quantitative estimate of drug-likeness (QED) is 0.749. The first kappa shape index (κ1) is 15.0. The normalized spacial score (nSPS) is 24.5. The SMILES string of the molecule is CC1CCCC(c2nc(N)c(I)c(C(C)(C)C)n2)C1. The van der Waals surface area contributed by atoms with E-state index in [2.05, 4.69) is 55.3 Å². The summed E-state index contributed by atoms with van der Waals surface area (Å²) in [4.78, 5) is 9.43. The summed E-state index contributed by atoms with van der Waals surface area (Å²) < 4.78 is 1.01. The number of rotatable bonds is 1. The predicted octanol–water partition coefficient (Wildman–Crippen LogP) is 4.25. The molecule has 3 nitrogen and oxygen atoms in total. The van der Waals surface area contributed by atoms with Gasteiger partial charge in [0.15, 0.2) is 0 Å². The van der Waals surface area contributed by atoms with Gasteiger partial charge in [-0.2, -0.15) is 0 Å². The molecule has 0 radical (unpaired) electrons. The highest BCUT2D eigenvalue weighted by molar-refractivity contribution is 14.1. The van der Waals surface area contributed by atoms with Gasteiger partial charge in [-0.15, -0.1) is 0 Å². The highest BCUT2D eigenvalue weighted by Crippen LogP contribution is 2.36. The number of nitrogens with two attached hydrogens (primary N) is 1. The fraction of sp³-hybridized carbons (Fsp3) is 0.733. The molecule has 1 aromatic heterocycles. The Hall–Kier alpha value is -0.390. The highest BCUT2D eigenvalue weighted by atomic mass is 127. The number of anilines is 1. The molecule has 1 aromatic rings. The number of halogens is 1. The van der Waals surface area contributed by atoms with Crippen molar-refractivity contribution in [3.05, 3.63) is 15.1 Å². The lowest BCUT2D eigenvalue weighted by molar-refractivity contribution is 0.334. The van der Waals surface area contributed by atoms with Gasteiger partial charge in [0.05, 0.1) is 9.26 Å². The Kier molecular flexibility index (Phi) is 4.38. The molecule has 1 heterocycles.